The molecule has 0 saturated carbocycles. The van der Waals surface area contributed by atoms with Gasteiger partial charge in [0.15, 0.2) is 0 Å². The number of esters is 2. The summed E-state index contributed by atoms with van der Waals surface area (Å²) >= 11 is 0. The number of ether oxygens (including phenoxy) is 2. The maximum absolute atomic E-state index is 11.7. The predicted octanol–water partition coefficient (Wildman–Crippen LogP) is 4.53. The van der Waals surface area contributed by atoms with Crippen LogP contribution in [0.1, 0.15) is 29.2 Å². The SMILES string of the molecule is C=CC(=O)Oc1c(C)cccc1CCc1cccc(CC)c1OC(=O)C=C. The van der Waals surface area contributed by atoms with E-state index in [1.165, 1.54) is 0 Å². The molecule has 27 heavy (non-hydrogen) atoms. The normalized spacial score (nSPS) is 10.1. The molecule has 0 heterocycles. The molecule has 4 nitrogen and oxygen atoms in total. The first kappa shape index (κ1) is 20.2. The van der Waals surface area contributed by atoms with Crippen molar-refractivity contribution >= 4 is 11.9 Å². The van der Waals surface area contributed by atoms with E-state index in [4.69, 9.17) is 9.47 Å². The molecule has 0 saturated heterocycles. The van der Waals surface area contributed by atoms with E-state index < -0.39 is 11.9 Å². The highest BCUT2D eigenvalue weighted by Crippen LogP contribution is 2.29. The minimum absolute atomic E-state index is 0.478. The Morgan fingerprint density at radius 3 is 1.89 bits per heavy atom. The number of carbonyl (C=O) groups is 2. The minimum atomic E-state index is -0.487. The molecular weight excluding hydrogens is 340 g/mol. The van der Waals surface area contributed by atoms with Gasteiger partial charge in [0.25, 0.3) is 0 Å². The van der Waals surface area contributed by atoms with Crippen LogP contribution in [0.5, 0.6) is 11.5 Å². The van der Waals surface area contributed by atoms with Crippen LogP contribution in [-0.4, -0.2) is 11.9 Å². The number of para-hydroxylation sites is 2. The van der Waals surface area contributed by atoms with Crippen molar-refractivity contribution in [2.75, 3.05) is 0 Å². The maximum atomic E-state index is 11.7. The summed E-state index contributed by atoms with van der Waals surface area (Å²) in [5.41, 5.74) is 3.67. The molecule has 2 rings (SSSR count). The summed E-state index contributed by atoms with van der Waals surface area (Å²) in [6.45, 7) is 10.8. The van der Waals surface area contributed by atoms with E-state index in [0.717, 1.165) is 40.8 Å². The lowest BCUT2D eigenvalue weighted by Gasteiger charge is -2.15. The number of rotatable bonds is 8. The van der Waals surface area contributed by atoms with Crippen LogP contribution in [0, 0.1) is 6.92 Å². The van der Waals surface area contributed by atoms with Crippen molar-refractivity contribution in [1.82, 2.24) is 0 Å². The standard InChI is InChI=1S/C23H24O4/c1-5-17-11-9-13-19(23(17)27-21(25)7-3)15-14-18-12-8-10-16(4)22(18)26-20(24)6-2/h6-13H,2-3,5,14-15H2,1,4H3. The van der Waals surface area contributed by atoms with E-state index in [2.05, 4.69) is 13.2 Å². The summed E-state index contributed by atoms with van der Waals surface area (Å²) in [6.07, 6.45) is 4.32. The lowest BCUT2D eigenvalue weighted by molar-refractivity contribution is -0.130. The first-order valence-electron chi connectivity index (χ1n) is 8.87. The summed E-state index contributed by atoms with van der Waals surface area (Å²) in [5, 5.41) is 0. The topological polar surface area (TPSA) is 52.6 Å². The highest BCUT2D eigenvalue weighted by Gasteiger charge is 2.14. The molecule has 0 aliphatic carbocycles. The van der Waals surface area contributed by atoms with E-state index in [-0.39, 0.29) is 0 Å². The minimum Gasteiger partial charge on any atom is -0.423 e. The van der Waals surface area contributed by atoms with Crippen molar-refractivity contribution in [2.45, 2.75) is 33.1 Å². The number of hydrogen-bond donors (Lipinski definition) is 0. The molecule has 140 valence electrons. The van der Waals surface area contributed by atoms with Crippen LogP contribution in [0.2, 0.25) is 0 Å². The van der Waals surface area contributed by atoms with Gasteiger partial charge in [0.05, 0.1) is 0 Å². The van der Waals surface area contributed by atoms with Gasteiger partial charge in [-0.25, -0.2) is 9.59 Å². The van der Waals surface area contributed by atoms with Crippen LogP contribution in [0.15, 0.2) is 61.7 Å². The molecule has 0 radical (unpaired) electrons. The molecular formula is C23H24O4. The van der Waals surface area contributed by atoms with Gasteiger partial charge in [-0.3, -0.25) is 0 Å². The second-order valence-electron chi connectivity index (χ2n) is 6.07. The van der Waals surface area contributed by atoms with Gasteiger partial charge in [-0.15, -0.1) is 0 Å². The largest absolute Gasteiger partial charge is 0.423 e. The number of carbonyl (C=O) groups excluding carboxylic acids is 2. The third kappa shape index (κ3) is 5.17. The Morgan fingerprint density at radius 2 is 1.33 bits per heavy atom. The Balaban J connectivity index is 2.30. The highest BCUT2D eigenvalue weighted by atomic mass is 16.5. The van der Waals surface area contributed by atoms with Crippen LogP contribution in [0.25, 0.3) is 0 Å². The Morgan fingerprint density at radius 1 is 0.852 bits per heavy atom. The molecule has 0 bridgehead atoms. The summed E-state index contributed by atoms with van der Waals surface area (Å²) in [4.78, 5) is 23.4. The van der Waals surface area contributed by atoms with Crippen molar-refractivity contribution in [3.63, 3.8) is 0 Å². The zero-order valence-corrected chi connectivity index (χ0v) is 15.8. The van der Waals surface area contributed by atoms with E-state index in [9.17, 15) is 9.59 Å². The predicted molar refractivity (Wildman–Crippen MR) is 106 cm³/mol. The van der Waals surface area contributed by atoms with Gasteiger partial charge < -0.3 is 9.47 Å². The lowest BCUT2D eigenvalue weighted by Crippen LogP contribution is -2.09. The Labute approximate surface area is 160 Å². The van der Waals surface area contributed by atoms with Gasteiger partial charge in [0, 0.05) is 12.2 Å². The van der Waals surface area contributed by atoms with Gasteiger partial charge in [-0.1, -0.05) is 56.5 Å². The number of aryl methyl sites for hydroxylation is 4. The average Bonchev–Trinajstić information content (AvgIpc) is 2.68. The van der Waals surface area contributed by atoms with Crippen molar-refractivity contribution in [2.24, 2.45) is 0 Å². The third-order valence-electron chi connectivity index (χ3n) is 4.25. The van der Waals surface area contributed by atoms with Gasteiger partial charge >= 0.3 is 11.9 Å². The van der Waals surface area contributed by atoms with E-state index >= 15 is 0 Å². The maximum Gasteiger partial charge on any atom is 0.335 e. The van der Waals surface area contributed by atoms with Crippen LogP contribution in [0.3, 0.4) is 0 Å². The Bertz CT molecular complexity index is 865. The molecule has 0 unspecified atom stereocenters. The highest BCUT2D eigenvalue weighted by molar-refractivity contribution is 5.84. The zero-order valence-electron chi connectivity index (χ0n) is 15.8. The third-order valence-corrected chi connectivity index (χ3v) is 4.25. The van der Waals surface area contributed by atoms with Crippen molar-refractivity contribution in [1.29, 1.82) is 0 Å². The molecule has 4 heteroatoms. The second-order valence-corrected chi connectivity index (χ2v) is 6.07. The second kappa shape index (κ2) is 9.53. The molecule has 2 aromatic carbocycles. The van der Waals surface area contributed by atoms with E-state index in [1.807, 2.05) is 50.2 Å². The molecule has 0 amide bonds. The average molecular weight is 364 g/mol. The quantitative estimate of drug-likeness (QED) is 0.392. The zero-order chi connectivity index (χ0) is 19.8. The van der Waals surface area contributed by atoms with Gasteiger partial charge in [0.1, 0.15) is 11.5 Å². The molecule has 0 atom stereocenters. The first-order chi connectivity index (χ1) is 13.0. The molecule has 0 aromatic heterocycles. The first-order valence-corrected chi connectivity index (χ1v) is 8.87. The van der Waals surface area contributed by atoms with Crippen molar-refractivity contribution < 1.29 is 19.1 Å². The number of hydrogen-bond acceptors (Lipinski definition) is 4. The molecule has 0 spiro atoms. The van der Waals surface area contributed by atoms with Crippen LogP contribution in [0.4, 0.5) is 0 Å². The summed E-state index contributed by atoms with van der Waals surface area (Å²) < 4.78 is 10.9. The van der Waals surface area contributed by atoms with Crippen LogP contribution in [-0.2, 0) is 28.9 Å². The smallest absolute Gasteiger partial charge is 0.335 e. The lowest BCUT2D eigenvalue weighted by atomic mass is 9.98. The van der Waals surface area contributed by atoms with Gasteiger partial charge in [-0.05, 0) is 48.4 Å². The Kier molecular flexibility index (Phi) is 7.12. The monoisotopic (exact) mass is 364 g/mol. The fourth-order valence-electron chi connectivity index (χ4n) is 2.85. The van der Waals surface area contributed by atoms with Crippen molar-refractivity contribution in [3.05, 3.63) is 84.0 Å². The Hall–Kier alpha value is -3.14. The van der Waals surface area contributed by atoms with Gasteiger partial charge in [-0.2, -0.15) is 0 Å². The molecule has 0 N–H and O–H groups in total. The summed E-state index contributed by atoms with van der Waals surface area (Å²) in [7, 11) is 0. The number of benzene rings is 2. The molecule has 0 fully saturated rings. The van der Waals surface area contributed by atoms with Gasteiger partial charge in [0.2, 0.25) is 0 Å². The molecule has 0 aliphatic heterocycles. The molecule has 2 aromatic rings. The van der Waals surface area contributed by atoms with Crippen molar-refractivity contribution in [3.8, 4) is 11.5 Å². The van der Waals surface area contributed by atoms with E-state index in [0.29, 0.717) is 24.3 Å². The van der Waals surface area contributed by atoms with Crippen LogP contribution >= 0.6 is 0 Å². The fraction of sp³-hybridized carbons (Fsp3) is 0.217. The summed E-state index contributed by atoms with van der Waals surface area (Å²) in [5.74, 6) is 0.174. The summed E-state index contributed by atoms with van der Waals surface area (Å²) in [6, 6.07) is 11.6. The van der Waals surface area contributed by atoms with Crippen LogP contribution < -0.4 is 9.47 Å². The fourth-order valence-corrected chi connectivity index (χ4v) is 2.85. The molecule has 0 aliphatic rings. The van der Waals surface area contributed by atoms with E-state index in [1.54, 1.807) is 0 Å².